The first-order valence-corrected chi connectivity index (χ1v) is 11.8. The molecule has 0 radical (unpaired) electrons. The fourth-order valence-electron chi connectivity index (χ4n) is 3.45. The van der Waals surface area contributed by atoms with Crippen molar-refractivity contribution in [3.8, 4) is 5.75 Å². The zero-order valence-electron chi connectivity index (χ0n) is 18.0. The van der Waals surface area contributed by atoms with Crippen LogP contribution in [0.15, 0.2) is 87.3 Å². The number of nitrogens with two attached hydrogens (primary N) is 1. The van der Waals surface area contributed by atoms with Crippen LogP contribution in [0.2, 0.25) is 0 Å². The lowest BCUT2D eigenvalue weighted by molar-refractivity contribution is -0.121. The second kappa shape index (κ2) is 10.2. The van der Waals surface area contributed by atoms with Crippen molar-refractivity contribution in [2.75, 3.05) is 16.4 Å². The Kier molecular flexibility index (Phi) is 7.13. The van der Waals surface area contributed by atoms with Crippen LogP contribution in [0, 0.1) is 0 Å². The quantitative estimate of drug-likeness (QED) is 0.328. The van der Waals surface area contributed by atoms with Gasteiger partial charge in [0.25, 0.3) is 17.7 Å². The molecule has 0 spiro atoms. The van der Waals surface area contributed by atoms with Gasteiger partial charge >= 0.3 is 6.03 Å². The summed E-state index contributed by atoms with van der Waals surface area (Å²) in [4.78, 5) is 53.2. The van der Waals surface area contributed by atoms with Crippen molar-refractivity contribution in [3.63, 3.8) is 0 Å². The number of para-hydroxylation sites is 2. The molecule has 0 aliphatic carbocycles. The summed E-state index contributed by atoms with van der Waals surface area (Å²) in [5.41, 5.74) is 6.08. The number of hydrogen-bond acceptors (Lipinski definition) is 5. The highest BCUT2D eigenvalue weighted by Gasteiger charge is 2.43. The third-order valence-electron chi connectivity index (χ3n) is 4.97. The normalized spacial score (nSPS) is 13.8. The van der Waals surface area contributed by atoms with Crippen LogP contribution in [0.3, 0.4) is 0 Å². The third-order valence-corrected chi connectivity index (χ3v) is 6.15. The van der Waals surface area contributed by atoms with E-state index in [0.717, 1.165) is 9.80 Å². The lowest BCUT2D eigenvalue weighted by Crippen LogP contribution is -2.57. The summed E-state index contributed by atoms with van der Waals surface area (Å²) in [5.74, 6) is -1.81. The van der Waals surface area contributed by atoms with Crippen LogP contribution in [0.5, 0.6) is 5.75 Å². The average Bonchev–Trinajstić information content (AvgIpc) is 2.82. The van der Waals surface area contributed by atoms with Gasteiger partial charge in [0, 0.05) is 0 Å². The van der Waals surface area contributed by atoms with Gasteiger partial charge in [-0.1, -0.05) is 36.4 Å². The molecule has 1 heterocycles. The van der Waals surface area contributed by atoms with E-state index in [9.17, 15) is 19.2 Å². The molecule has 3 aromatic rings. The number of nitrogens with zero attached hydrogens (tertiary/aromatic N) is 2. The number of ether oxygens (including phenoxy) is 1. The van der Waals surface area contributed by atoms with Crippen molar-refractivity contribution in [2.45, 2.75) is 0 Å². The van der Waals surface area contributed by atoms with Crippen LogP contribution in [-0.2, 0) is 14.4 Å². The Morgan fingerprint density at radius 1 is 0.829 bits per heavy atom. The Hall–Kier alpha value is -3.76. The molecule has 2 N–H and O–H groups in total. The molecule has 0 aromatic heterocycles. The maximum absolute atomic E-state index is 13.4. The van der Waals surface area contributed by atoms with Crippen molar-refractivity contribution in [1.82, 2.24) is 0 Å². The molecule has 0 atom stereocenters. The Labute approximate surface area is 217 Å². The summed E-state index contributed by atoms with van der Waals surface area (Å²) in [6, 6.07) is 19.2. The Morgan fingerprint density at radius 3 is 1.71 bits per heavy atom. The number of carbonyl (C=O) groups excluding carboxylic acids is 4. The van der Waals surface area contributed by atoms with Gasteiger partial charge in [-0.2, -0.15) is 0 Å². The minimum absolute atomic E-state index is 0.207. The monoisotopic (exact) mass is 597 g/mol. The first-order valence-electron chi connectivity index (χ1n) is 10.2. The highest BCUT2D eigenvalue weighted by Crippen LogP contribution is 2.36. The van der Waals surface area contributed by atoms with E-state index < -0.39 is 23.8 Å². The number of carbonyl (C=O) groups is 4. The molecule has 5 amide bonds. The highest BCUT2D eigenvalue weighted by molar-refractivity contribution is 9.11. The number of benzene rings is 3. The molecule has 1 aliphatic rings. The van der Waals surface area contributed by atoms with Gasteiger partial charge in [-0.25, -0.2) is 14.6 Å². The van der Waals surface area contributed by atoms with Gasteiger partial charge in [0.15, 0.2) is 6.61 Å². The lowest BCUT2D eigenvalue weighted by atomic mass is 10.0. The van der Waals surface area contributed by atoms with Gasteiger partial charge < -0.3 is 10.5 Å². The maximum Gasteiger partial charge on any atom is 0.343 e. The fraction of sp³-hybridized carbons (Fsp3) is 0.0400. The van der Waals surface area contributed by atoms with E-state index in [-0.39, 0.29) is 12.2 Å². The van der Waals surface area contributed by atoms with E-state index in [0.29, 0.717) is 31.6 Å². The molecule has 1 saturated heterocycles. The standard InChI is InChI=1S/C25H17Br2N3O5/c26-19-12-15(13-20(27)22(19)35-14-21(28)31)11-18-23(32)29(16-7-3-1-4-8-16)25(34)30(24(18)33)17-9-5-2-6-10-17/h1-13H,14H2,(H2,28,31). The molecular weight excluding hydrogens is 582 g/mol. The predicted molar refractivity (Wildman–Crippen MR) is 138 cm³/mol. The lowest BCUT2D eigenvalue weighted by Gasteiger charge is -2.33. The summed E-state index contributed by atoms with van der Waals surface area (Å²) in [6.45, 7) is -0.325. The van der Waals surface area contributed by atoms with Gasteiger partial charge in [0.05, 0.1) is 20.3 Å². The number of urea groups is 1. The van der Waals surface area contributed by atoms with E-state index >= 15 is 0 Å². The van der Waals surface area contributed by atoms with Crippen LogP contribution >= 0.6 is 31.9 Å². The molecule has 8 nitrogen and oxygen atoms in total. The molecule has 10 heteroatoms. The number of hydrogen-bond donors (Lipinski definition) is 1. The SMILES string of the molecule is NC(=O)COc1c(Br)cc(C=C2C(=O)N(c3ccccc3)C(=O)N(c3ccccc3)C2=O)cc1Br. The predicted octanol–water partition coefficient (Wildman–Crippen LogP) is 4.66. The minimum atomic E-state index is -0.771. The van der Waals surface area contributed by atoms with Crippen LogP contribution in [0.4, 0.5) is 16.2 Å². The minimum Gasteiger partial charge on any atom is -0.481 e. The Bertz CT molecular complexity index is 1270. The highest BCUT2D eigenvalue weighted by atomic mass is 79.9. The van der Waals surface area contributed by atoms with Crippen molar-refractivity contribution in [3.05, 3.63) is 92.9 Å². The van der Waals surface area contributed by atoms with E-state index in [1.54, 1.807) is 72.8 Å². The summed E-state index contributed by atoms with van der Waals surface area (Å²) in [5, 5.41) is 0. The molecule has 4 rings (SSSR count). The van der Waals surface area contributed by atoms with Gasteiger partial charge in [-0.15, -0.1) is 0 Å². The van der Waals surface area contributed by atoms with Gasteiger partial charge in [0.2, 0.25) is 0 Å². The van der Waals surface area contributed by atoms with E-state index in [1.807, 2.05) is 0 Å². The summed E-state index contributed by atoms with van der Waals surface area (Å²) in [7, 11) is 0. The number of imide groups is 2. The first kappa shape index (κ1) is 24.4. The number of amides is 5. The second-order valence-electron chi connectivity index (χ2n) is 7.36. The summed E-state index contributed by atoms with van der Waals surface area (Å²) >= 11 is 6.74. The number of rotatable bonds is 6. The number of barbiturate groups is 1. The Morgan fingerprint density at radius 2 is 1.29 bits per heavy atom. The van der Waals surface area contributed by atoms with Crippen molar-refractivity contribution < 1.29 is 23.9 Å². The maximum atomic E-state index is 13.4. The van der Waals surface area contributed by atoms with Crippen molar-refractivity contribution in [1.29, 1.82) is 0 Å². The van der Waals surface area contributed by atoms with E-state index in [1.165, 1.54) is 6.08 Å². The molecule has 176 valence electrons. The van der Waals surface area contributed by atoms with E-state index in [2.05, 4.69) is 31.9 Å². The van der Waals surface area contributed by atoms with Crippen LogP contribution in [-0.4, -0.2) is 30.4 Å². The van der Waals surface area contributed by atoms with Crippen LogP contribution < -0.4 is 20.3 Å². The smallest absolute Gasteiger partial charge is 0.343 e. The summed E-state index contributed by atoms with van der Waals surface area (Å²) < 4.78 is 6.32. The molecule has 0 unspecified atom stereocenters. The molecule has 3 aromatic carbocycles. The third kappa shape index (κ3) is 5.03. The largest absolute Gasteiger partial charge is 0.481 e. The van der Waals surface area contributed by atoms with Crippen LogP contribution in [0.25, 0.3) is 6.08 Å². The van der Waals surface area contributed by atoms with Gasteiger partial charge in [-0.05, 0) is 79.9 Å². The van der Waals surface area contributed by atoms with Crippen molar-refractivity contribution >= 4 is 73.1 Å². The zero-order chi connectivity index (χ0) is 25.1. The molecular formula is C25H17Br2N3O5. The Balaban J connectivity index is 1.81. The number of anilines is 2. The second-order valence-corrected chi connectivity index (χ2v) is 9.07. The number of primary amides is 1. The average molecular weight is 599 g/mol. The topological polar surface area (TPSA) is 110 Å². The van der Waals surface area contributed by atoms with E-state index in [4.69, 9.17) is 10.5 Å². The molecule has 1 fully saturated rings. The summed E-state index contributed by atoms with van der Waals surface area (Å²) in [6.07, 6.45) is 1.40. The fourth-order valence-corrected chi connectivity index (χ4v) is 4.90. The molecule has 0 bridgehead atoms. The van der Waals surface area contributed by atoms with Gasteiger partial charge in [-0.3, -0.25) is 14.4 Å². The number of halogens is 2. The first-order chi connectivity index (χ1) is 16.8. The van der Waals surface area contributed by atoms with Crippen LogP contribution in [0.1, 0.15) is 5.56 Å². The molecule has 1 aliphatic heterocycles. The molecule has 0 saturated carbocycles. The zero-order valence-corrected chi connectivity index (χ0v) is 21.2. The van der Waals surface area contributed by atoms with Gasteiger partial charge in [0.1, 0.15) is 11.3 Å². The van der Waals surface area contributed by atoms with Crippen molar-refractivity contribution in [2.24, 2.45) is 5.73 Å². The molecule has 35 heavy (non-hydrogen) atoms.